The molecule has 8 rings (SSSR count). The van der Waals surface area contributed by atoms with Gasteiger partial charge in [-0.25, -0.2) is 0 Å². The van der Waals surface area contributed by atoms with Gasteiger partial charge in [-0.15, -0.1) is 0 Å². The van der Waals surface area contributed by atoms with Crippen LogP contribution in [0.4, 0.5) is 17.1 Å². The molecule has 46 heavy (non-hydrogen) atoms. The Balaban J connectivity index is 1.19. The number of benzene rings is 7. The van der Waals surface area contributed by atoms with Crippen LogP contribution >= 0.6 is 0 Å². The summed E-state index contributed by atoms with van der Waals surface area (Å²) in [6, 6.07) is 56.5. The van der Waals surface area contributed by atoms with Crippen LogP contribution in [-0.4, -0.2) is 0 Å². The second-order valence-electron chi connectivity index (χ2n) is 13.0. The highest BCUT2D eigenvalue weighted by Gasteiger charge is 2.17. The smallest absolute Gasteiger partial charge is 0.136 e. The van der Waals surface area contributed by atoms with E-state index in [-0.39, 0.29) is 5.41 Å². The minimum absolute atomic E-state index is 0.140. The van der Waals surface area contributed by atoms with Crippen LogP contribution < -0.4 is 4.90 Å². The summed E-state index contributed by atoms with van der Waals surface area (Å²) in [5, 5.41) is 4.76. The van der Waals surface area contributed by atoms with Crippen molar-refractivity contribution in [2.75, 3.05) is 4.90 Å². The molecule has 0 amide bonds. The highest BCUT2D eigenvalue weighted by molar-refractivity contribution is 6.22. The van der Waals surface area contributed by atoms with Gasteiger partial charge in [-0.3, -0.25) is 0 Å². The summed E-state index contributed by atoms with van der Waals surface area (Å²) in [5.41, 5.74) is 11.5. The summed E-state index contributed by atoms with van der Waals surface area (Å²) in [6.45, 7) is 6.76. The Hall–Kier alpha value is -5.60. The lowest BCUT2D eigenvalue weighted by Crippen LogP contribution is -2.10. The molecule has 0 unspecified atom stereocenters. The number of hydrogen-bond acceptors (Lipinski definition) is 2. The third-order valence-corrected chi connectivity index (χ3v) is 9.04. The minimum Gasteiger partial charge on any atom is -0.456 e. The van der Waals surface area contributed by atoms with E-state index in [2.05, 4.69) is 171 Å². The molecule has 0 bridgehead atoms. The lowest BCUT2D eigenvalue weighted by Gasteiger charge is -2.26. The zero-order chi connectivity index (χ0) is 31.3. The Morgan fingerprint density at radius 1 is 0.435 bits per heavy atom. The molecule has 222 valence electrons. The fraction of sp³-hybridized carbons (Fsp3) is 0.0909. The van der Waals surface area contributed by atoms with Crippen molar-refractivity contribution in [3.63, 3.8) is 0 Å². The molecule has 0 saturated carbocycles. The number of hydrogen-bond donors (Lipinski definition) is 0. The Kier molecular flexibility index (Phi) is 6.73. The highest BCUT2D eigenvalue weighted by atomic mass is 16.3. The Morgan fingerprint density at radius 2 is 1.02 bits per heavy atom. The van der Waals surface area contributed by atoms with E-state index in [9.17, 15) is 0 Å². The van der Waals surface area contributed by atoms with Crippen molar-refractivity contribution in [1.29, 1.82) is 0 Å². The Bertz CT molecular complexity index is 2310. The summed E-state index contributed by atoms with van der Waals surface area (Å²) < 4.78 is 6.25. The van der Waals surface area contributed by atoms with E-state index in [0.29, 0.717) is 0 Å². The second kappa shape index (κ2) is 11.1. The van der Waals surface area contributed by atoms with Gasteiger partial charge in [0.25, 0.3) is 0 Å². The number of para-hydroxylation sites is 2. The average Bonchev–Trinajstić information content (AvgIpc) is 3.48. The van der Waals surface area contributed by atoms with E-state index in [1.165, 1.54) is 44.0 Å². The molecule has 7 aromatic carbocycles. The lowest BCUT2D eigenvalue weighted by molar-refractivity contribution is 0.590. The molecule has 0 N–H and O–H groups in total. The molecule has 0 atom stereocenters. The maximum Gasteiger partial charge on any atom is 0.136 e. The first kappa shape index (κ1) is 27.9. The molecule has 8 aromatic rings. The topological polar surface area (TPSA) is 16.4 Å². The Labute approximate surface area is 270 Å². The molecular formula is C44H35NO. The summed E-state index contributed by atoms with van der Waals surface area (Å²) in [7, 11) is 0. The van der Waals surface area contributed by atoms with Crippen molar-refractivity contribution in [3.8, 4) is 22.3 Å². The molecule has 0 fully saturated rings. The van der Waals surface area contributed by atoms with E-state index in [1.807, 2.05) is 12.1 Å². The molecule has 0 spiro atoms. The van der Waals surface area contributed by atoms with Crippen LogP contribution in [0, 0.1) is 0 Å². The normalized spacial score (nSPS) is 11.8. The maximum absolute atomic E-state index is 6.25. The number of fused-ring (bicyclic) bond motifs is 5. The third kappa shape index (κ3) is 4.93. The van der Waals surface area contributed by atoms with Crippen molar-refractivity contribution in [3.05, 3.63) is 163 Å². The van der Waals surface area contributed by atoms with Crippen LogP contribution in [0.2, 0.25) is 0 Å². The number of anilines is 3. The van der Waals surface area contributed by atoms with Gasteiger partial charge in [0.2, 0.25) is 0 Å². The molecule has 0 saturated heterocycles. The van der Waals surface area contributed by atoms with Gasteiger partial charge in [0.15, 0.2) is 0 Å². The molecule has 1 heterocycles. The molecule has 2 heteroatoms. The van der Waals surface area contributed by atoms with Gasteiger partial charge < -0.3 is 9.32 Å². The van der Waals surface area contributed by atoms with Crippen LogP contribution in [0.5, 0.6) is 0 Å². The summed E-state index contributed by atoms with van der Waals surface area (Å²) in [5.74, 6) is 0. The van der Waals surface area contributed by atoms with Gasteiger partial charge in [-0.1, -0.05) is 130 Å². The summed E-state index contributed by atoms with van der Waals surface area (Å²) >= 11 is 0. The Morgan fingerprint density at radius 3 is 1.70 bits per heavy atom. The van der Waals surface area contributed by atoms with E-state index in [0.717, 1.165) is 33.6 Å². The first-order chi connectivity index (χ1) is 22.4. The van der Waals surface area contributed by atoms with Gasteiger partial charge in [0.05, 0.1) is 0 Å². The molecule has 1 aromatic heterocycles. The van der Waals surface area contributed by atoms with Gasteiger partial charge >= 0.3 is 0 Å². The quantitative estimate of drug-likeness (QED) is 0.197. The molecule has 0 radical (unpaired) electrons. The largest absolute Gasteiger partial charge is 0.456 e. The van der Waals surface area contributed by atoms with E-state index < -0.39 is 0 Å². The number of nitrogens with zero attached hydrogens (tertiary/aromatic N) is 1. The van der Waals surface area contributed by atoms with E-state index in [1.54, 1.807) is 0 Å². The van der Waals surface area contributed by atoms with Crippen molar-refractivity contribution in [1.82, 2.24) is 0 Å². The predicted octanol–water partition coefficient (Wildman–Crippen LogP) is 12.8. The van der Waals surface area contributed by atoms with E-state index in [4.69, 9.17) is 4.42 Å². The van der Waals surface area contributed by atoms with Crippen LogP contribution in [0.3, 0.4) is 0 Å². The van der Waals surface area contributed by atoms with Gasteiger partial charge in [-0.2, -0.15) is 0 Å². The summed E-state index contributed by atoms with van der Waals surface area (Å²) in [6.07, 6.45) is 0. The zero-order valence-electron chi connectivity index (χ0n) is 26.4. The standard InChI is InChI=1S/C44H35NO/c1-44(2,3)34-23-16-30(17-24-34)31-18-25-36(26-19-31)45(35-11-5-4-6-12-35)37-27-20-32(21-28-37)38-14-9-10-33-22-29-41-43(42(33)38)39-13-7-8-15-40(39)46-41/h4-29H,1-3H3. The minimum atomic E-state index is 0.140. The first-order valence-electron chi connectivity index (χ1n) is 15.9. The zero-order valence-corrected chi connectivity index (χ0v) is 26.4. The first-order valence-corrected chi connectivity index (χ1v) is 15.9. The number of furan rings is 1. The van der Waals surface area contributed by atoms with Gasteiger partial charge in [0.1, 0.15) is 11.2 Å². The van der Waals surface area contributed by atoms with Gasteiger partial charge in [-0.05, 0) is 87.1 Å². The monoisotopic (exact) mass is 593 g/mol. The maximum atomic E-state index is 6.25. The highest BCUT2D eigenvalue weighted by Crippen LogP contribution is 2.41. The molecule has 2 nitrogen and oxygen atoms in total. The van der Waals surface area contributed by atoms with Crippen molar-refractivity contribution in [2.45, 2.75) is 26.2 Å². The third-order valence-electron chi connectivity index (χ3n) is 9.04. The van der Waals surface area contributed by atoms with E-state index >= 15 is 0 Å². The van der Waals surface area contributed by atoms with Crippen molar-refractivity contribution < 1.29 is 4.42 Å². The summed E-state index contributed by atoms with van der Waals surface area (Å²) in [4.78, 5) is 2.32. The van der Waals surface area contributed by atoms with Crippen LogP contribution in [0.1, 0.15) is 26.3 Å². The molecule has 0 aliphatic rings. The van der Waals surface area contributed by atoms with Crippen molar-refractivity contribution in [2.24, 2.45) is 0 Å². The number of rotatable bonds is 5. The van der Waals surface area contributed by atoms with Crippen molar-refractivity contribution >= 4 is 49.8 Å². The fourth-order valence-corrected chi connectivity index (χ4v) is 6.61. The molecule has 0 aliphatic heterocycles. The lowest BCUT2D eigenvalue weighted by atomic mass is 9.86. The van der Waals surface area contributed by atoms with Crippen LogP contribution in [-0.2, 0) is 5.41 Å². The molecular weight excluding hydrogens is 558 g/mol. The van der Waals surface area contributed by atoms with Gasteiger partial charge in [0, 0.05) is 33.2 Å². The SMILES string of the molecule is CC(C)(C)c1ccc(-c2ccc(N(c3ccccc3)c3ccc(-c4cccc5ccc6oc7ccccc7c6c45)cc3)cc2)cc1. The molecule has 0 aliphatic carbocycles. The van der Waals surface area contributed by atoms with Crippen LogP contribution in [0.15, 0.2) is 162 Å². The second-order valence-corrected chi connectivity index (χ2v) is 13.0. The predicted molar refractivity (Wildman–Crippen MR) is 195 cm³/mol. The van der Waals surface area contributed by atoms with Crippen LogP contribution in [0.25, 0.3) is 55.0 Å². The average molecular weight is 594 g/mol. The fourth-order valence-electron chi connectivity index (χ4n) is 6.61.